The molecular formula is C26H21NO2S. The SMILES string of the molecule is O=C(c1occc1[C@@H]1CCc2c(ccc3c2ccc2ccccc23)C1)N1C=CSC1. The number of furan rings is 1. The van der Waals surface area contributed by atoms with Crippen LogP contribution in [0.25, 0.3) is 21.5 Å². The van der Waals surface area contributed by atoms with Crippen LogP contribution in [-0.2, 0) is 12.8 Å². The van der Waals surface area contributed by atoms with Gasteiger partial charge in [0, 0.05) is 11.8 Å². The maximum atomic E-state index is 12.9. The number of amides is 1. The summed E-state index contributed by atoms with van der Waals surface area (Å²) in [5.41, 5.74) is 3.91. The van der Waals surface area contributed by atoms with Gasteiger partial charge in [-0.05, 0) is 69.3 Å². The minimum absolute atomic E-state index is 0.0352. The van der Waals surface area contributed by atoms with Crippen LogP contribution in [0.1, 0.15) is 39.6 Å². The lowest BCUT2D eigenvalue weighted by atomic mass is 9.78. The quantitative estimate of drug-likeness (QED) is 0.354. The monoisotopic (exact) mass is 411 g/mol. The summed E-state index contributed by atoms with van der Waals surface area (Å²) in [6.45, 7) is 0. The molecule has 3 aromatic carbocycles. The van der Waals surface area contributed by atoms with E-state index in [0.717, 1.165) is 24.8 Å². The van der Waals surface area contributed by atoms with Crippen LogP contribution in [0.4, 0.5) is 0 Å². The van der Waals surface area contributed by atoms with Crippen LogP contribution < -0.4 is 0 Å². The van der Waals surface area contributed by atoms with Crippen LogP contribution in [0.2, 0.25) is 0 Å². The second kappa shape index (κ2) is 7.06. The summed E-state index contributed by atoms with van der Waals surface area (Å²) in [4.78, 5) is 14.6. The fraction of sp³-hybridized carbons (Fsp3) is 0.192. The molecule has 2 heterocycles. The zero-order valence-electron chi connectivity index (χ0n) is 16.5. The highest BCUT2D eigenvalue weighted by molar-refractivity contribution is 8.02. The Morgan fingerprint density at radius 2 is 1.90 bits per heavy atom. The molecule has 6 rings (SSSR count). The van der Waals surface area contributed by atoms with E-state index in [2.05, 4.69) is 48.5 Å². The predicted octanol–water partition coefficient (Wildman–Crippen LogP) is 6.48. The Morgan fingerprint density at radius 1 is 1.00 bits per heavy atom. The van der Waals surface area contributed by atoms with Crippen molar-refractivity contribution in [1.29, 1.82) is 0 Å². The highest BCUT2D eigenvalue weighted by Gasteiger charge is 2.29. The average molecular weight is 412 g/mol. The summed E-state index contributed by atoms with van der Waals surface area (Å²) in [6.07, 6.45) is 6.50. The number of hydrogen-bond acceptors (Lipinski definition) is 3. The second-order valence-corrected chi connectivity index (χ2v) is 8.95. The molecule has 30 heavy (non-hydrogen) atoms. The predicted molar refractivity (Wildman–Crippen MR) is 123 cm³/mol. The maximum Gasteiger partial charge on any atom is 0.294 e. The van der Waals surface area contributed by atoms with Gasteiger partial charge in [-0.25, -0.2) is 0 Å². The third-order valence-corrected chi connectivity index (χ3v) is 7.23. The molecule has 3 nitrogen and oxygen atoms in total. The van der Waals surface area contributed by atoms with Gasteiger partial charge in [0.2, 0.25) is 0 Å². The molecule has 0 spiro atoms. The van der Waals surface area contributed by atoms with E-state index in [1.165, 1.54) is 32.7 Å². The van der Waals surface area contributed by atoms with E-state index in [-0.39, 0.29) is 5.91 Å². The Morgan fingerprint density at radius 3 is 2.80 bits per heavy atom. The van der Waals surface area contributed by atoms with E-state index < -0.39 is 0 Å². The van der Waals surface area contributed by atoms with Crippen LogP contribution in [0.5, 0.6) is 0 Å². The molecule has 1 aromatic heterocycles. The van der Waals surface area contributed by atoms with E-state index >= 15 is 0 Å². The molecule has 0 unspecified atom stereocenters. The first kappa shape index (κ1) is 17.8. The van der Waals surface area contributed by atoms with Crippen molar-refractivity contribution in [1.82, 2.24) is 4.90 Å². The number of carbonyl (C=O) groups is 1. The van der Waals surface area contributed by atoms with E-state index in [0.29, 0.717) is 17.6 Å². The Labute approximate surface area is 179 Å². The Hall–Kier alpha value is -2.98. The second-order valence-electron chi connectivity index (χ2n) is 8.09. The molecule has 0 fully saturated rings. The first-order valence-corrected chi connectivity index (χ1v) is 11.4. The molecule has 4 heteroatoms. The fourth-order valence-corrected chi connectivity index (χ4v) is 5.67. The zero-order chi connectivity index (χ0) is 20.1. The Bertz CT molecular complexity index is 1320. The fourth-order valence-electron chi connectivity index (χ4n) is 4.99. The molecule has 0 bridgehead atoms. The smallest absolute Gasteiger partial charge is 0.294 e. The lowest BCUT2D eigenvalue weighted by molar-refractivity contribution is 0.0813. The Kier molecular flexibility index (Phi) is 4.20. The Balaban J connectivity index is 1.36. The summed E-state index contributed by atoms with van der Waals surface area (Å²) in [5, 5.41) is 7.26. The van der Waals surface area contributed by atoms with Gasteiger partial charge in [0.05, 0.1) is 12.1 Å². The highest BCUT2D eigenvalue weighted by Crippen LogP contribution is 2.39. The molecule has 1 atom stereocenters. The van der Waals surface area contributed by atoms with Crippen molar-refractivity contribution < 1.29 is 9.21 Å². The third kappa shape index (κ3) is 2.78. The zero-order valence-corrected chi connectivity index (χ0v) is 17.3. The van der Waals surface area contributed by atoms with Gasteiger partial charge in [-0.3, -0.25) is 4.79 Å². The lowest BCUT2D eigenvalue weighted by Gasteiger charge is -2.26. The van der Waals surface area contributed by atoms with Gasteiger partial charge >= 0.3 is 0 Å². The summed E-state index contributed by atoms with van der Waals surface area (Å²) < 4.78 is 5.66. The first-order chi connectivity index (χ1) is 14.8. The summed E-state index contributed by atoms with van der Waals surface area (Å²) >= 11 is 1.62. The van der Waals surface area contributed by atoms with Crippen LogP contribution in [-0.4, -0.2) is 16.7 Å². The average Bonchev–Trinajstić information content (AvgIpc) is 3.50. The van der Waals surface area contributed by atoms with Crippen LogP contribution in [0.15, 0.2) is 76.9 Å². The van der Waals surface area contributed by atoms with E-state index in [1.54, 1.807) is 22.9 Å². The van der Waals surface area contributed by atoms with Crippen molar-refractivity contribution in [2.45, 2.75) is 25.2 Å². The molecule has 1 amide bonds. The van der Waals surface area contributed by atoms with Crippen molar-refractivity contribution in [3.05, 3.63) is 94.9 Å². The number of fused-ring (bicyclic) bond motifs is 5. The van der Waals surface area contributed by atoms with Crippen LogP contribution in [0.3, 0.4) is 0 Å². The first-order valence-electron chi connectivity index (χ1n) is 10.4. The molecule has 0 N–H and O–H groups in total. The van der Waals surface area contributed by atoms with Gasteiger partial charge in [-0.15, -0.1) is 11.8 Å². The summed E-state index contributed by atoms with van der Waals surface area (Å²) in [6, 6.07) is 19.7. The summed E-state index contributed by atoms with van der Waals surface area (Å²) in [7, 11) is 0. The third-order valence-electron chi connectivity index (χ3n) is 6.48. The lowest BCUT2D eigenvalue weighted by Crippen LogP contribution is -2.24. The van der Waals surface area contributed by atoms with Crippen LogP contribution >= 0.6 is 11.8 Å². The largest absolute Gasteiger partial charge is 0.459 e. The number of hydrogen-bond donors (Lipinski definition) is 0. The number of aryl methyl sites for hydroxylation is 1. The van der Waals surface area contributed by atoms with Gasteiger partial charge < -0.3 is 9.32 Å². The van der Waals surface area contributed by atoms with Crippen LogP contribution in [0, 0.1) is 0 Å². The topological polar surface area (TPSA) is 33.5 Å². The number of benzene rings is 3. The number of rotatable bonds is 2. The van der Waals surface area contributed by atoms with Gasteiger partial charge in [0.1, 0.15) is 0 Å². The molecule has 1 aliphatic heterocycles. The molecule has 1 aliphatic carbocycles. The van der Waals surface area contributed by atoms with Gasteiger partial charge in [0.25, 0.3) is 5.91 Å². The summed E-state index contributed by atoms with van der Waals surface area (Å²) in [5.74, 6) is 1.44. The van der Waals surface area contributed by atoms with E-state index in [4.69, 9.17) is 4.42 Å². The standard InChI is InChI=1S/C26H21NO2S/c28-26(27-12-14-30-16-27)25-22(11-13-29-25)19-6-8-21-18(15-19)7-10-23-20-4-2-1-3-17(20)5-9-24(21)23/h1-5,7,9-14,19H,6,8,15-16H2/t19-/m1/s1. The molecule has 0 saturated carbocycles. The maximum absolute atomic E-state index is 12.9. The number of carbonyl (C=O) groups excluding carboxylic acids is 1. The molecular weight excluding hydrogens is 390 g/mol. The minimum atomic E-state index is -0.0352. The number of nitrogens with zero attached hydrogens (tertiary/aromatic N) is 1. The molecule has 148 valence electrons. The highest BCUT2D eigenvalue weighted by atomic mass is 32.2. The molecule has 2 aliphatic rings. The molecule has 0 radical (unpaired) electrons. The molecule has 4 aromatic rings. The van der Waals surface area contributed by atoms with Crippen molar-refractivity contribution >= 4 is 39.2 Å². The number of thioether (sulfide) groups is 1. The minimum Gasteiger partial charge on any atom is -0.459 e. The van der Waals surface area contributed by atoms with E-state index in [1.807, 2.05) is 17.7 Å². The normalized spacial score (nSPS) is 18.3. The van der Waals surface area contributed by atoms with Crippen molar-refractivity contribution in [2.24, 2.45) is 0 Å². The molecule has 0 saturated heterocycles. The van der Waals surface area contributed by atoms with Crippen molar-refractivity contribution in [3.63, 3.8) is 0 Å². The van der Waals surface area contributed by atoms with Gasteiger partial charge in [0.15, 0.2) is 5.76 Å². The van der Waals surface area contributed by atoms with Gasteiger partial charge in [-0.1, -0.05) is 48.5 Å². The van der Waals surface area contributed by atoms with Crippen molar-refractivity contribution in [2.75, 3.05) is 5.88 Å². The van der Waals surface area contributed by atoms with Gasteiger partial charge in [-0.2, -0.15) is 0 Å². The van der Waals surface area contributed by atoms with Crippen molar-refractivity contribution in [3.8, 4) is 0 Å². The van der Waals surface area contributed by atoms with E-state index in [9.17, 15) is 4.79 Å².